The number of carbonyl (C=O) groups is 1. The van der Waals surface area contributed by atoms with Crippen LogP contribution in [0.2, 0.25) is 0 Å². The smallest absolute Gasteiger partial charge is 0.355 e. The molecule has 1 N–H and O–H groups in total. The van der Waals surface area contributed by atoms with Crippen molar-refractivity contribution in [2.75, 3.05) is 7.11 Å². The molecule has 100 valence electrons. The number of hydrogen-bond donors (Lipinski definition) is 1. The summed E-state index contributed by atoms with van der Waals surface area (Å²) in [6.07, 6.45) is 1.70. The number of esters is 1. The van der Waals surface area contributed by atoms with Gasteiger partial charge in [0.25, 0.3) is 0 Å². The molecule has 0 fully saturated rings. The van der Waals surface area contributed by atoms with Gasteiger partial charge >= 0.3 is 5.97 Å². The first kappa shape index (κ1) is 12.2. The van der Waals surface area contributed by atoms with Gasteiger partial charge in [-0.25, -0.2) is 9.78 Å². The second-order valence-corrected chi connectivity index (χ2v) is 4.27. The van der Waals surface area contributed by atoms with Gasteiger partial charge in [-0.3, -0.25) is 4.40 Å². The summed E-state index contributed by atoms with van der Waals surface area (Å²) in [5.74, 6) is -0.285. The molecular formula is C15H12N2O3. The van der Waals surface area contributed by atoms with Gasteiger partial charge in [0, 0.05) is 11.8 Å². The number of nitrogens with zero attached hydrogens (tertiary/aromatic N) is 2. The Balaban J connectivity index is 2.21. The largest absolute Gasteiger partial charge is 0.507 e. The van der Waals surface area contributed by atoms with Crippen LogP contribution in [0.1, 0.15) is 10.5 Å². The van der Waals surface area contributed by atoms with E-state index in [-0.39, 0.29) is 5.75 Å². The van der Waals surface area contributed by atoms with Gasteiger partial charge in [0.15, 0.2) is 0 Å². The number of imidazole rings is 1. The molecule has 0 radical (unpaired) electrons. The zero-order valence-corrected chi connectivity index (χ0v) is 10.8. The summed E-state index contributed by atoms with van der Waals surface area (Å²) in [7, 11) is 1.34. The third-order valence-corrected chi connectivity index (χ3v) is 3.07. The predicted molar refractivity (Wildman–Crippen MR) is 73.6 cm³/mol. The van der Waals surface area contributed by atoms with Crippen molar-refractivity contribution in [2.45, 2.75) is 0 Å². The number of benzene rings is 1. The van der Waals surface area contributed by atoms with Crippen LogP contribution in [0, 0.1) is 0 Å². The SMILES string of the molecule is COC(=O)c1cccc2nc(-c3ccccc3O)cn12. The van der Waals surface area contributed by atoms with Crippen LogP contribution in [-0.4, -0.2) is 27.6 Å². The number of para-hydroxylation sites is 1. The monoisotopic (exact) mass is 268 g/mol. The van der Waals surface area contributed by atoms with E-state index in [1.807, 2.05) is 6.07 Å². The van der Waals surface area contributed by atoms with Gasteiger partial charge in [0.1, 0.15) is 17.1 Å². The molecular weight excluding hydrogens is 256 g/mol. The van der Waals surface area contributed by atoms with Crippen LogP contribution >= 0.6 is 0 Å². The predicted octanol–water partition coefficient (Wildman–Crippen LogP) is 2.49. The Bertz CT molecular complexity index is 793. The second-order valence-electron chi connectivity index (χ2n) is 4.27. The molecule has 0 spiro atoms. The number of phenols is 1. The summed E-state index contributed by atoms with van der Waals surface area (Å²) < 4.78 is 6.39. The highest BCUT2D eigenvalue weighted by atomic mass is 16.5. The third-order valence-electron chi connectivity index (χ3n) is 3.07. The van der Waals surface area contributed by atoms with Crippen molar-refractivity contribution in [3.05, 3.63) is 54.4 Å². The summed E-state index contributed by atoms with van der Waals surface area (Å²) in [5, 5.41) is 9.87. The van der Waals surface area contributed by atoms with Crippen LogP contribution in [0.4, 0.5) is 0 Å². The maximum absolute atomic E-state index is 11.7. The summed E-state index contributed by atoms with van der Waals surface area (Å²) in [6.45, 7) is 0. The normalized spacial score (nSPS) is 10.7. The van der Waals surface area contributed by atoms with E-state index in [0.29, 0.717) is 22.6 Å². The van der Waals surface area contributed by atoms with E-state index in [1.165, 1.54) is 7.11 Å². The standard InChI is InChI=1S/C15H12N2O3/c1-20-15(19)12-6-4-8-14-16-11(9-17(12)14)10-5-2-3-7-13(10)18/h2-9,18H,1H3. The maximum atomic E-state index is 11.7. The van der Waals surface area contributed by atoms with Gasteiger partial charge in [-0.1, -0.05) is 18.2 Å². The second kappa shape index (κ2) is 4.70. The van der Waals surface area contributed by atoms with Crippen molar-refractivity contribution in [1.29, 1.82) is 0 Å². The minimum Gasteiger partial charge on any atom is -0.507 e. The number of phenolic OH excluding ortho intramolecular Hbond substituents is 1. The number of aromatic nitrogens is 2. The zero-order chi connectivity index (χ0) is 14.1. The fourth-order valence-corrected chi connectivity index (χ4v) is 2.10. The molecule has 2 aromatic heterocycles. The van der Waals surface area contributed by atoms with E-state index in [2.05, 4.69) is 4.98 Å². The maximum Gasteiger partial charge on any atom is 0.355 e. The van der Waals surface area contributed by atoms with Gasteiger partial charge < -0.3 is 9.84 Å². The van der Waals surface area contributed by atoms with Gasteiger partial charge in [-0.05, 0) is 24.3 Å². The minimum atomic E-state index is -0.433. The molecule has 0 aliphatic carbocycles. The average Bonchev–Trinajstić information content (AvgIpc) is 2.90. The Morgan fingerprint density at radius 1 is 1.20 bits per heavy atom. The summed E-state index contributed by atoms with van der Waals surface area (Å²) in [4.78, 5) is 16.1. The molecule has 20 heavy (non-hydrogen) atoms. The Labute approximate surface area is 115 Å². The van der Waals surface area contributed by atoms with Crippen LogP contribution in [0.5, 0.6) is 5.75 Å². The summed E-state index contributed by atoms with van der Waals surface area (Å²) >= 11 is 0. The van der Waals surface area contributed by atoms with Crippen molar-refractivity contribution in [3.63, 3.8) is 0 Å². The lowest BCUT2D eigenvalue weighted by Gasteiger charge is -2.01. The number of ether oxygens (including phenoxy) is 1. The molecule has 2 heterocycles. The topological polar surface area (TPSA) is 63.8 Å². The highest BCUT2D eigenvalue weighted by molar-refractivity contribution is 5.88. The molecule has 0 unspecified atom stereocenters. The Hall–Kier alpha value is -2.82. The number of aromatic hydroxyl groups is 1. The molecule has 0 amide bonds. The van der Waals surface area contributed by atoms with E-state index in [9.17, 15) is 9.90 Å². The van der Waals surface area contributed by atoms with Crippen molar-refractivity contribution in [3.8, 4) is 17.0 Å². The fourth-order valence-electron chi connectivity index (χ4n) is 2.10. The van der Waals surface area contributed by atoms with Crippen molar-refractivity contribution in [1.82, 2.24) is 9.38 Å². The molecule has 5 heteroatoms. The van der Waals surface area contributed by atoms with Crippen LogP contribution in [0.3, 0.4) is 0 Å². The number of hydrogen-bond acceptors (Lipinski definition) is 4. The lowest BCUT2D eigenvalue weighted by atomic mass is 10.1. The minimum absolute atomic E-state index is 0.149. The Kier molecular flexibility index (Phi) is 2.87. The first-order chi connectivity index (χ1) is 9.70. The van der Waals surface area contributed by atoms with E-state index < -0.39 is 5.97 Å². The van der Waals surface area contributed by atoms with Gasteiger partial charge in [0.05, 0.1) is 12.8 Å². The molecule has 0 aliphatic rings. The first-order valence-electron chi connectivity index (χ1n) is 6.05. The number of fused-ring (bicyclic) bond motifs is 1. The van der Waals surface area contributed by atoms with Crippen LogP contribution in [-0.2, 0) is 4.74 Å². The van der Waals surface area contributed by atoms with Crippen molar-refractivity contribution < 1.29 is 14.6 Å². The van der Waals surface area contributed by atoms with Gasteiger partial charge in [-0.15, -0.1) is 0 Å². The molecule has 0 aliphatic heterocycles. The first-order valence-corrected chi connectivity index (χ1v) is 6.05. The van der Waals surface area contributed by atoms with Gasteiger partial charge in [-0.2, -0.15) is 0 Å². The lowest BCUT2D eigenvalue weighted by molar-refractivity contribution is 0.0592. The lowest BCUT2D eigenvalue weighted by Crippen LogP contribution is -2.06. The number of carbonyl (C=O) groups excluding carboxylic acids is 1. The number of pyridine rings is 1. The van der Waals surface area contributed by atoms with E-state index in [1.54, 1.807) is 47.0 Å². The average molecular weight is 268 g/mol. The molecule has 0 atom stereocenters. The molecule has 5 nitrogen and oxygen atoms in total. The highest BCUT2D eigenvalue weighted by Crippen LogP contribution is 2.28. The Morgan fingerprint density at radius 3 is 2.75 bits per heavy atom. The van der Waals surface area contributed by atoms with Gasteiger partial charge in [0.2, 0.25) is 0 Å². The highest BCUT2D eigenvalue weighted by Gasteiger charge is 2.14. The number of rotatable bonds is 2. The van der Waals surface area contributed by atoms with Crippen LogP contribution < -0.4 is 0 Å². The van der Waals surface area contributed by atoms with Crippen LogP contribution in [0.15, 0.2) is 48.7 Å². The zero-order valence-electron chi connectivity index (χ0n) is 10.8. The summed E-state index contributed by atoms with van der Waals surface area (Å²) in [6, 6.07) is 12.1. The molecule has 0 saturated heterocycles. The van der Waals surface area contributed by atoms with E-state index >= 15 is 0 Å². The van der Waals surface area contributed by atoms with Crippen molar-refractivity contribution >= 4 is 11.6 Å². The van der Waals surface area contributed by atoms with Crippen molar-refractivity contribution in [2.24, 2.45) is 0 Å². The molecule has 0 bridgehead atoms. The third kappa shape index (κ3) is 1.89. The Morgan fingerprint density at radius 2 is 2.00 bits per heavy atom. The van der Waals surface area contributed by atoms with E-state index in [0.717, 1.165) is 0 Å². The molecule has 0 saturated carbocycles. The molecule has 3 rings (SSSR count). The van der Waals surface area contributed by atoms with E-state index in [4.69, 9.17) is 4.74 Å². The van der Waals surface area contributed by atoms with Crippen LogP contribution in [0.25, 0.3) is 16.9 Å². The quantitative estimate of drug-likeness (QED) is 0.725. The molecule has 1 aromatic carbocycles. The number of methoxy groups -OCH3 is 1. The fraction of sp³-hybridized carbons (Fsp3) is 0.0667. The molecule has 3 aromatic rings. The summed E-state index contributed by atoms with van der Waals surface area (Å²) in [5.41, 5.74) is 2.22.